The van der Waals surface area contributed by atoms with Crippen LogP contribution < -0.4 is 32.3 Å². The molecule has 0 unspecified atom stereocenters. The summed E-state index contributed by atoms with van der Waals surface area (Å²) in [4.78, 5) is 132. The molecule has 8 N–H and O–H groups in total. The number of amides is 10. The second-order valence-corrected chi connectivity index (χ2v) is 19.2. The molecule has 0 bridgehead atoms. The quantitative estimate of drug-likeness (QED) is 0.0416. The highest BCUT2D eigenvalue weighted by Gasteiger charge is 2.40. The van der Waals surface area contributed by atoms with Crippen molar-refractivity contribution < 1.29 is 62.5 Å². The van der Waals surface area contributed by atoms with Crippen molar-refractivity contribution in [2.24, 2.45) is 29.4 Å². The fourth-order valence-corrected chi connectivity index (χ4v) is 8.29. The van der Waals surface area contributed by atoms with Crippen LogP contribution >= 0.6 is 0 Å². The fraction of sp³-hybridized carbons (Fsp3) is 0.640. The van der Waals surface area contributed by atoms with E-state index < -0.39 is 84.0 Å². The lowest BCUT2D eigenvalue weighted by Crippen LogP contribution is -2.60. The van der Waals surface area contributed by atoms with Gasteiger partial charge >= 0.3 is 18.1 Å². The molecule has 402 valence electrons. The topological polar surface area (TPSA) is 305 Å². The Hall–Kier alpha value is -6.58. The van der Waals surface area contributed by atoms with Gasteiger partial charge in [-0.25, -0.2) is 9.59 Å². The number of nitrogens with zero attached hydrogens (tertiary/aromatic N) is 3. The number of primary amides is 1. The van der Waals surface area contributed by atoms with Crippen LogP contribution in [0.15, 0.2) is 36.4 Å². The number of anilines is 1. The van der Waals surface area contributed by atoms with E-state index in [-0.39, 0.29) is 80.9 Å². The minimum Gasteiger partial charge on any atom is -0.481 e. The molecule has 0 radical (unpaired) electrons. The number of nitrogens with two attached hydrogens (primary N) is 1. The van der Waals surface area contributed by atoms with Gasteiger partial charge in [0.05, 0.1) is 18.6 Å². The molecular weight excluding hydrogens is 935 g/mol. The van der Waals surface area contributed by atoms with Crippen LogP contribution in [0.3, 0.4) is 0 Å². The summed E-state index contributed by atoms with van der Waals surface area (Å²) in [5.74, 6) is -5.69. The molecule has 22 heteroatoms. The second-order valence-electron chi connectivity index (χ2n) is 19.2. The maximum Gasteiger partial charge on any atom is 0.410 e. The zero-order valence-corrected chi connectivity index (χ0v) is 43.8. The normalized spacial score (nSPS) is 15.2. The summed E-state index contributed by atoms with van der Waals surface area (Å²) >= 11 is 0. The number of aliphatic carboxylic acids is 1. The maximum absolute atomic E-state index is 14.1. The van der Waals surface area contributed by atoms with E-state index in [1.54, 1.807) is 72.9 Å². The van der Waals surface area contributed by atoms with E-state index in [0.29, 0.717) is 36.9 Å². The van der Waals surface area contributed by atoms with Crippen LogP contribution in [-0.4, -0.2) is 150 Å². The van der Waals surface area contributed by atoms with E-state index in [1.807, 2.05) is 13.8 Å². The first-order valence-corrected chi connectivity index (χ1v) is 24.6. The van der Waals surface area contributed by atoms with Gasteiger partial charge in [0.2, 0.25) is 29.5 Å². The molecule has 72 heavy (non-hydrogen) atoms. The number of benzene rings is 1. The first-order valence-electron chi connectivity index (χ1n) is 24.6. The van der Waals surface area contributed by atoms with Gasteiger partial charge in [0, 0.05) is 58.6 Å². The van der Waals surface area contributed by atoms with E-state index in [9.17, 15) is 53.1 Å². The van der Waals surface area contributed by atoms with Crippen molar-refractivity contribution in [1.82, 2.24) is 36.0 Å². The Labute approximate surface area is 423 Å². The molecule has 2 rings (SSSR count). The fourth-order valence-electron chi connectivity index (χ4n) is 8.29. The number of unbranched alkanes of at least 4 members (excludes halogenated alkanes) is 2. The summed E-state index contributed by atoms with van der Waals surface area (Å²) in [7, 11) is 4.38. The van der Waals surface area contributed by atoms with Crippen LogP contribution in [0.5, 0.6) is 0 Å². The van der Waals surface area contributed by atoms with Crippen LogP contribution in [0.2, 0.25) is 0 Å². The van der Waals surface area contributed by atoms with Crippen molar-refractivity contribution in [2.45, 2.75) is 150 Å². The van der Waals surface area contributed by atoms with Gasteiger partial charge in [0.1, 0.15) is 30.8 Å². The highest BCUT2D eigenvalue weighted by atomic mass is 16.6. The average molecular weight is 1010 g/mol. The summed E-state index contributed by atoms with van der Waals surface area (Å²) in [5.41, 5.74) is 6.08. The number of carbonyl (C=O) groups excluding carboxylic acids is 9. The smallest absolute Gasteiger partial charge is 0.410 e. The molecule has 22 nitrogen and oxygen atoms in total. The summed E-state index contributed by atoms with van der Waals surface area (Å²) in [5, 5.41) is 23.1. The second kappa shape index (κ2) is 30.3. The van der Waals surface area contributed by atoms with Gasteiger partial charge in [0.25, 0.3) is 11.8 Å². The zero-order valence-electron chi connectivity index (χ0n) is 43.8. The van der Waals surface area contributed by atoms with Gasteiger partial charge in [-0.3, -0.25) is 48.2 Å². The van der Waals surface area contributed by atoms with Crippen molar-refractivity contribution in [3.8, 4) is 0 Å². The molecule has 0 spiro atoms. The van der Waals surface area contributed by atoms with Crippen LogP contribution in [0.25, 0.3) is 0 Å². The molecule has 1 aromatic carbocycles. The van der Waals surface area contributed by atoms with Crippen molar-refractivity contribution >= 4 is 65.1 Å². The van der Waals surface area contributed by atoms with Crippen LogP contribution in [0.4, 0.5) is 15.3 Å². The molecule has 1 aliphatic heterocycles. The molecule has 7 atom stereocenters. The molecule has 1 aliphatic rings. The van der Waals surface area contributed by atoms with Gasteiger partial charge < -0.3 is 51.8 Å². The average Bonchev–Trinajstić information content (AvgIpc) is 3.64. The van der Waals surface area contributed by atoms with Crippen molar-refractivity contribution in [3.63, 3.8) is 0 Å². The third-order valence-electron chi connectivity index (χ3n) is 12.6. The number of carboxylic acid groups (broad SMARTS) is 1. The number of carboxylic acids is 1. The number of ether oxygens (including phenoxy) is 2. The number of carbonyl (C=O) groups is 10. The number of imide groups is 1. The minimum absolute atomic E-state index is 0.0949. The third kappa shape index (κ3) is 19.6. The number of urea groups is 1. The van der Waals surface area contributed by atoms with E-state index in [1.165, 1.54) is 31.2 Å². The number of likely N-dealkylation sites (N-methyl/N-ethyl adjacent to an activating group) is 2. The number of hydrogen-bond donors (Lipinski definition) is 7. The number of hydrogen-bond acceptors (Lipinski definition) is 12. The lowest BCUT2D eigenvalue weighted by atomic mass is 9.90. The van der Waals surface area contributed by atoms with Crippen molar-refractivity contribution in [1.29, 1.82) is 0 Å². The van der Waals surface area contributed by atoms with Crippen LogP contribution in [0.1, 0.15) is 112 Å². The Morgan fingerprint density at radius 1 is 0.750 bits per heavy atom. The first-order chi connectivity index (χ1) is 33.8. The van der Waals surface area contributed by atoms with E-state index >= 15 is 0 Å². The van der Waals surface area contributed by atoms with E-state index in [4.69, 9.17) is 15.2 Å². The summed E-state index contributed by atoms with van der Waals surface area (Å²) < 4.78 is 11.1. The zero-order chi connectivity index (χ0) is 54.4. The molecule has 1 aromatic rings. The lowest BCUT2D eigenvalue weighted by molar-refractivity contribution is -0.148. The Morgan fingerprint density at radius 3 is 1.89 bits per heavy atom. The lowest BCUT2D eigenvalue weighted by Gasteiger charge is -2.40. The van der Waals surface area contributed by atoms with Crippen molar-refractivity contribution in [2.75, 3.05) is 39.6 Å². The number of methoxy groups -OCH3 is 1. The van der Waals surface area contributed by atoms with Gasteiger partial charge in [-0.05, 0) is 67.1 Å². The molecule has 0 saturated carbocycles. The maximum atomic E-state index is 14.1. The minimum atomic E-state index is -1.10. The Balaban J connectivity index is 2.10. The monoisotopic (exact) mass is 1010 g/mol. The van der Waals surface area contributed by atoms with Crippen LogP contribution in [0, 0.1) is 23.7 Å². The number of nitrogens with one attached hydrogen (secondary N) is 5. The van der Waals surface area contributed by atoms with Gasteiger partial charge in [-0.2, -0.15) is 0 Å². The summed E-state index contributed by atoms with van der Waals surface area (Å²) in [6, 6.07) is 0.855. The third-order valence-corrected chi connectivity index (χ3v) is 12.6. The van der Waals surface area contributed by atoms with Gasteiger partial charge in [-0.1, -0.05) is 80.4 Å². The molecule has 0 saturated heterocycles. The van der Waals surface area contributed by atoms with E-state index in [0.717, 1.165) is 9.80 Å². The van der Waals surface area contributed by atoms with Crippen molar-refractivity contribution in [3.05, 3.63) is 42.0 Å². The standard InChI is InChI=1S/C50H79N9O13/c1-12-32(8)44(36(71-11)27-40(63)64)57(9)48(68)42(30(4)5)56-47(67)43(31(6)7)58(10)50(70)72-28-33-19-21-34(22-20-33)53-45(65)35(17-16-25-52-49(51)69)54-46(66)41(29(2)3)55-37(60)18-14-13-15-26-59-38(61)23-24-39(59)62/h19-24,29-32,35-36,41-44H,12-18,25-28H2,1-11H3,(H,53,65)(H,54,66)(H,55,60)(H,56,67)(H,63,64)(H3,51,52,69)/t32-,35-,36+,41-,42-,43-,44-/m0/s1. The van der Waals surface area contributed by atoms with Crippen LogP contribution in [-0.2, 0) is 54.4 Å². The largest absolute Gasteiger partial charge is 0.481 e. The molecule has 0 aliphatic carbocycles. The van der Waals surface area contributed by atoms with Gasteiger partial charge in [-0.15, -0.1) is 0 Å². The number of rotatable bonds is 31. The Morgan fingerprint density at radius 2 is 1.36 bits per heavy atom. The molecule has 0 aromatic heterocycles. The highest BCUT2D eigenvalue weighted by molar-refractivity contribution is 6.12. The van der Waals surface area contributed by atoms with E-state index in [2.05, 4.69) is 26.6 Å². The molecule has 10 amide bonds. The molecule has 1 heterocycles. The first kappa shape index (κ1) is 61.5. The molecule has 0 fully saturated rings. The molecular formula is C50H79N9O13. The summed E-state index contributed by atoms with van der Waals surface area (Å²) in [6.45, 7) is 14.5. The predicted molar refractivity (Wildman–Crippen MR) is 267 cm³/mol. The summed E-state index contributed by atoms with van der Waals surface area (Å²) in [6.07, 6.45) is 3.11. The predicted octanol–water partition coefficient (Wildman–Crippen LogP) is 3.28. The SMILES string of the molecule is CC[C@H](C)[C@@H]([C@@H](CC(=O)O)OC)N(C)C(=O)[C@@H](NC(=O)[C@H](C(C)C)N(C)C(=O)OCc1ccc(NC(=O)[C@H](CCCNC(N)=O)NC(=O)[C@@H](NC(=O)CCCCCN2C(=O)C=CC2=O)C(C)C)cc1)C(C)C. The Bertz CT molecular complexity index is 2040. The highest BCUT2D eigenvalue weighted by Crippen LogP contribution is 2.24. The Kier molecular flexibility index (Phi) is 25.9. The van der Waals surface area contributed by atoms with Gasteiger partial charge in [0.15, 0.2) is 0 Å².